The maximum Gasteiger partial charge on any atom is 0.244 e. The lowest BCUT2D eigenvalue weighted by Gasteiger charge is -2.20. The molecule has 1 saturated heterocycles. The minimum Gasteiger partial charge on any atom is -0.380 e. The lowest BCUT2D eigenvalue weighted by molar-refractivity contribution is 0.107. The van der Waals surface area contributed by atoms with E-state index in [-0.39, 0.29) is 12.1 Å². The molecule has 1 aliphatic rings. The largest absolute Gasteiger partial charge is 0.380 e. The zero-order valence-corrected chi connectivity index (χ0v) is 12.8. The number of aryl methyl sites for hydroxylation is 1. The molecule has 3 heterocycles. The van der Waals surface area contributed by atoms with Crippen molar-refractivity contribution in [2.24, 2.45) is 0 Å². The normalized spacial score (nSPS) is 22.5. The van der Waals surface area contributed by atoms with E-state index in [2.05, 4.69) is 21.1 Å². The molecule has 1 aliphatic heterocycles. The molecule has 0 radical (unpaired) electrons. The third-order valence-corrected chi connectivity index (χ3v) is 4.59. The lowest BCUT2D eigenvalue weighted by Crippen LogP contribution is -2.24. The highest BCUT2D eigenvalue weighted by Crippen LogP contribution is 2.34. The molecule has 0 bridgehead atoms. The summed E-state index contributed by atoms with van der Waals surface area (Å²) in [7, 11) is 1.73. The van der Waals surface area contributed by atoms with Crippen LogP contribution in [0.2, 0.25) is 0 Å². The van der Waals surface area contributed by atoms with Crippen LogP contribution in [0.5, 0.6) is 0 Å². The van der Waals surface area contributed by atoms with Gasteiger partial charge in [-0.2, -0.15) is 10.2 Å². The maximum atomic E-state index is 8.91. The van der Waals surface area contributed by atoms with Crippen LogP contribution in [0.25, 0.3) is 0 Å². The highest BCUT2D eigenvalue weighted by molar-refractivity contribution is 7.10. The fourth-order valence-corrected chi connectivity index (χ4v) is 3.47. The van der Waals surface area contributed by atoms with Gasteiger partial charge < -0.3 is 9.26 Å². The Labute approximate surface area is 126 Å². The van der Waals surface area contributed by atoms with Gasteiger partial charge in [0.15, 0.2) is 5.82 Å². The van der Waals surface area contributed by atoms with Gasteiger partial charge in [-0.15, -0.1) is 11.3 Å². The molecule has 0 saturated carbocycles. The first-order valence-corrected chi connectivity index (χ1v) is 7.62. The molecular weight excluding hydrogens is 288 g/mol. The molecule has 2 aromatic rings. The van der Waals surface area contributed by atoms with E-state index < -0.39 is 0 Å². The van der Waals surface area contributed by atoms with Gasteiger partial charge in [0, 0.05) is 30.5 Å². The van der Waals surface area contributed by atoms with Crippen molar-refractivity contribution in [3.8, 4) is 6.07 Å². The predicted molar refractivity (Wildman–Crippen MR) is 76.6 cm³/mol. The van der Waals surface area contributed by atoms with Crippen LogP contribution in [0.1, 0.15) is 34.6 Å². The van der Waals surface area contributed by atoms with Crippen molar-refractivity contribution in [2.45, 2.75) is 32.0 Å². The van der Waals surface area contributed by atoms with E-state index in [1.165, 1.54) is 0 Å². The second kappa shape index (κ2) is 5.93. The van der Waals surface area contributed by atoms with Gasteiger partial charge in [-0.25, -0.2) is 0 Å². The monoisotopic (exact) mass is 304 g/mol. The smallest absolute Gasteiger partial charge is 0.244 e. The van der Waals surface area contributed by atoms with Crippen LogP contribution >= 0.6 is 11.3 Å². The van der Waals surface area contributed by atoms with E-state index in [0.717, 1.165) is 24.4 Å². The molecule has 0 unspecified atom stereocenters. The fourth-order valence-electron chi connectivity index (χ4n) is 2.63. The van der Waals surface area contributed by atoms with Crippen molar-refractivity contribution in [3.63, 3.8) is 0 Å². The number of nitrogens with zero attached hydrogens (tertiary/aromatic N) is 4. The second-order valence-electron chi connectivity index (χ2n) is 5.13. The maximum absolute atomic E-state index is 8.91. The summed E-state index contributed by atoms with van der Waals surface area (Å²) in [5.41, 5.74) is 0.711. The quantitative estimate of drug-likeness (QED) is 0.862. The van der Waals surface area contributed by atoms with Gasteiger partial charge in [0.05, 0.1) is 17.7 Å². The molecule has 0 spiro atoms. The van der Waals surface area contributed by atoms with Gasteiger partial charge in [0.2, 0.25) is 5.89 Å². The highest BCUT2D eigenvalue weighted by atomic mass is 32.1. The highest BCUT2D eigenvalue weighted by Gasteiger charge is 2.36. The van der Waals surface area contributed by atoms with Gasteiger partial charge in [-0.05, 0) is 19.4 Å². The third kappa shape index (κ3) is 2.97. The molecule has 7 heteroatoms. The van der Waals surface area contributed by atoms with Crippen LogP contribution in [0.15, 0.2) is 16.0 Å². The van der Waals surface area contributed by atoms with Crippen molar-refractivity contribution in [1.82, 2.24) is 15.0 Å². The SMILES string of the molecule is CO[C@H]1C[C@H](c2nc(C)no2)N(Cc2cc(C#N)cs2)C1. The Kier molecular flexibility index (Phi) is 4.01. The Bertz CT molecular complexity index is 660. The number of likely N-dealkylation sites (tertiary alicyclic amines) is 1. The zero-order chi connectivity index (χ0) is 14.8. The summed E-state index contributed by atoms with van der Waals surface area (Å²) in [5.74, 6) is 1.29. The Morgan fingerprint density at radius 2 is 2.48 bits per heavy atom. The molecule has 21 heavy (non-hydrogen) atoms. The number of rotatable bonds is 4. The topological polar surface area (TPSA) is 75.2 Å². The van der Waals surface area contributed by atoms with Gasteiger partial charge in [0.25, 0.3) is 0 Å². The Hall–Kier alpha value is -1.75. The third-order valence-electron chi connectivity index (χ3n) is 3.67. The summed E-state index contributed by atoms with van der Waals surface area (Å²) < 4.78 is 10.8. The molecule has 0 aromatic carbocycles. The summed E-state index contributed by atoms with van der Waals surface area (Å²) in [5, 5.41) is 14.7. The molecule has 6 nitrogen and oxygen atoms in total. The molecule has 1 fully saturated rings. The van der Waals surface area contributed by atoms with E-state index in [9.17, 15) is 0 Å². The van der Waals surface area contributed by atoms with Crippen LogP contribution in [-0.2, 0) is 11.3 Å². The second-order valence-corrected chi connectivity index (χ2v) is 6.13. The summed E-state index contributed by atoms with van der Waals surface area (Å²) in [6, 6.07) is 4.17. The molecule has 110 valence electrons. The molecule has 2 atom stereocenters. The number of nitriles is 1. The fraction of sp³-hybridized carbons (Fsp3) is 0.500. The molecule has 3 rings (SSSR count). The lowest BCUT2D eigenvalue weighted by atomic mass is 10.2. The number of hydrogen-bond donors (Lipinski definition) is 0. The summed E-state index contributed by atoms with van der Waals surface area (Å²) in [4.78, 5) is 7.78. The van der Waals surface area contributed by atoms with Crippen LogP contribution in [0.4, 0.5) is 0 Å². The standard InChI is InChI=1S/C14H16N4O2S/c1-9-16-14(20-17-9)13-4-11(19-2)6-18(13)7-12-3-10(5-15)8-21-12/h3,8,11,13H,4,6-7H2,1-2H3/t11-,13+/m0/s1. The molecule has 2 aromatic heterocycles. The van der Waals surface area contributed by atoms with E-state index in [0.29, 0.717) is 17.3 Å². The first-order valence-electron chi connectivity index (χ1n) is 6.74. The van der Waals surface area contributed by atoms with Crippen molar-refractivity contribution < 1.29 is 9.26 Å². The minimum atomic E-state index is 0.0729. The number of ether oxygens (including phenoxy) is 1. The van der Waals surface area contributed by atoms with E-state index in [4.69, 9.17) is 14.5 Å². The number of thiophene rings is 1. The number of hydrogen-bond acceptors (Lipinski definition) is 7. The average Bonchev–Trinajstić information content (AvgIpc) is 3.18. The van der Waals surface area contributed by atoms with Crippen LogP contribution in [0.3, 0.4) is 0 Å². The molecule has 0 amide bonds. The Morgan fingerprint density at radius 3 is 3.10 bits per heavy atom. The predicted octanol–water partition coefficient (Wildman–Crippen LogP) is 2.27. The molecular formula is C14H16N4O2S. The number of aromatic nitrogens is 2. The molecule has 0 aliphatic carbocycles. The van der Waals surface area contributed by atoms with Crippen molar-refractivity contribution in [1.29, 1.82) is 5.26 Å². The van der Waals surface area contributed by atoms with Crippen molar-refractivity contribution in [2.75, 3.05) is 13.7 Å². The van der Waals surface area contributed by atoms with Crippen LogP contribution in [0, 0.1) is 18.3 Å². The van der Waals surface area contributed by atoms with Gasteiger partial charge >= 0.3 is 0 Å². The Morgan fingerprint density at radius 1 is 1.62 bits per heavy atom. The summed E-state index contributed by atoms with van der Waals surface area (Å²) >= 11 is 1.60. The first kappa shape index (κ1) is 14.2. The molecule has 0 N–H and O–H groups in total. The van der Waals surface area contributed by atoms with E-state index in [1.807, 2.05) is 18.4 Å². The van der Waals surface area contributed by atoms with Gasteiger partial charge in [-0.1, -0.05) is 5.16 Å². The summed E-state index contributed by atoms with van der Waals surface area (Å²) in [6.07, 6.45) is 1.01. The number of methoxy groups -OCH3 is 1. The van der Waals surface area contributed by atoms with Crippen LogP contribution in [-0.4, -0.2) is 34.8 Å². The van der Waals surface area contributed by atoms with Gasteiger partial charge in [-0.3, -0.25) is 4.90 Å². The Balaban J connectivity index is 1.79. The van der Waals surface area contributed by atoms with Crippen molar-refractivity contribution in [3.05, 3.63) is 33.6 Å². The summed E-state index contributed by atoms with van der Waals surface area (Å²) in [6.45, 7) is 3.40. The van der Waals surface area contributed by atoms with Crippen molar-refractivity contribution >= 4 is 11.3 Å². The minimum absolute atomic E-state index is 0.0729. The zero-order valence-electron chi connectivity index (χ0n) is 11.9. The van der Waals surface area contributed by atoms with E-state index >= 15 is 0 Å². The van der Waals surface area contributed by atoms with Crippen LogP contribution < -0.4 is 0 Å². The average molecular weight is 304 g/mol. The first-order chi connectivity index (χ1) is 10.2. The van der Waals surface area contributed by atoms with Gasteiger partial charge in [0.1, 0.15) is 6.07 Å². The van der Waals surface area contributed by atoms with E-state index in [1.54, 1.807) is 18.4 Å².